The van der Waals surface area contributed by atoms with E-state index >= 15 is 0 Å². The van der Waals surface area contributed by atoms with Crippen LogP contribution in [0.1, 0.15) is 143 Å². The van der Waals surface area contributed by atoms with Gasteiger partial charge in [0.1, 0.15) is 0 Å². The van der Waals surface area contributed by atoms with E-state index in [0.29, 0.717) is 6.61 Å². The molecule has 0 spiro atoms. The number of hydrogen-bond acceptors (Lipinski definition) is 2. The fourth-order valence-corrected chi connectivity index (χ4v) is 3.84. The summed E-state index contributed by atoms with van der Waals surface area (Å²) in [6.45, 7) is 9.69. The minimum absolute atomic E-state index is 0.0889. The van der Waals surface area contributed by atoms with Crippen LogP contribution in [-0.4, -0.2) is 12.6 Å². The van der Waals surface area contributed by atoms with Crippen LogP contribution in [0.3, 0.4) is 0 Å². The molecule has 0 aromatic rings. The summed E-state index contributed by atoms with van der Waals surface area (Å²) in [6.07, 6.45) is 22.4. The number of ether oxygens (including phenoxy) is 1. The quantitative estimate of drug-likeness (QED) is 0.143. The van der Waals surface area contributed by atoms with E-state index in [0.717, 1.165) is 25.2 Å². The zero-order valence-corrected chi connectivity index (χ0v) is 19.9. The van der Waals surface area contributed by atoms with Crippen LogP contribution in [0.15, 0.2) is 0 Å². The van der Waals surface area contributed by atoms with Gasteiger partial charge >= 0.3 is 5.97 Å². The van der Waals surface area contributed by atoms with Gasteiger partial charge in [0.25, 0.3) is 0 Å². The molecule has 0 heterocycles. The molecular formula is C26H52O2. The van der Waals surface area contributed by atoms with Gasteiger partial charge in [-0.15, -0.1) is 0 Å². The first kappa shape index (κ1) is 27.5. The minimum Gasteiger partial charge on any atom is -0.465 e. The Balaban J connectivity index is 4.04. The summed E-state index contributed by atoms with van der Waals surface area (Å²) in [4.78, 5) is 12.6. The zero-order chi connectivity index (χ0) is 20.9. The van der Waals surface area contributed by atoms with Crippen molar-refractivity contribution in [3.63, 3.8) is 0 Å². The van der Waals surface area contributed by atoms with Crippen LogP contribution in [-0.2, 0) is 9.53 Å². The fourth-order valence-electron chi connectivity index (χ4n) is 3.84. The van der Waals surface area contributed by atoms with Crippen molar-refractivity contribution in [1.29, 1.82) is 0 Å². The van der Waals surface area contributed by atoms with Crippen LogP contribution in [0, 0.1) is 11.8 Å². The van der Waals surface area contributed by atoms with Crippen molar-refractivity contribution < 1.29 is 9.53 Å². The number of unbranched alkanes of at least 4 members (excludes halogenated alkanes) is 12. The first-order valence-corrected chi connectivity index (χ1v) is 12.8. The highest BCUT2D eigenvalue weighted by atomic mass is 16.5. The standard InChI is InChI=1S/C26H52O2/c1-5-7-9-11-13-17-21-25(22-18-14-12-10-8-6-2)26(27)28-23-19-15-16-20-24(3)4/h24-25H,5-23H2,1-4H3. The van der Waals surface area contributed by atoms with Crippen molar-refractivity contribution in [3.05, 3.63) is 0 Å². The van der Waals surface area contributed by atoms with Gasteiger partial charge in [-0.3, -0.25) is 4.79 Å². The maximum absolute atomic E-state index is 12.6. The lowest BCUT2D eigenvalue weighted by molar-refractivity contribution is -0.149. The highest BCUT2D eigenvalue weighted by Gasteiger charge is 2.19. The maximum Gasteiger partial charge on any atom is 0.308 e. The molecule has 2 nitrogen and oxygen atoms in total. The molecule has 0 radical (unpaired) electrons. The highest BCUT2D eigenvalue weighted by Crippen LogP contribution is 2.21. The predicted octanol–water partition coefficient (Wildman–Crippen LogP) is 8.86. The van der Waals surface area contributed by atoms with Crippen molar-refractivity contribution >= 4 is 5.97 Å². The summed E-state index contributed by atoms with van der Waals surface area (Å²) in [7, 11) is 0. The van der Waals surface area contributed by atoms with Gasteiger partial charge in [0.05, 0.1) is 12.5 Å². The average molecular weight is 397 g/mol. The molecule has 0 aromatic carbocycles. The molecule has 0 aliphatic heterocycles. The van der Waals surface area contributed by atoms with Gasteiger partial charge in [-0.2, -0.15) is 0 Å². The van der Waals surface area contributed by atoms with Crippen molar-refractivity contribution in [2.45, 2.75) is 143 Å². The molecule has 0 N–H and O–H groups in total. The molecular weight excluding hydrogens is 344 g/mol. The monoisotopic (exact) mass is 396 g/mol. The Morgan fingerprint density at radius 2 is 1.04 bits per heavy atom. The molecule has 0 fully saturated rings. The molecule has 0 rings (SSSR count). The third-order valence-corrected chi connectivity index (χ3v) is 5.82. The maximum atomic E-state index is 12.6. The largest absolute Gasteiger partial charge is 0.465 e. The van der Waals surface area contributed by atoms with Crippen molar-refractivity contribution in [1.82, 2.24) is 0 Å². The van der Waals surface area contributed by atoms with Gasteiger partial charge in [-0.05, 0) is 25.2 Å². The average Bonchev–Trinajstić information content (AvgIpc) is 2.67. The van der Waals surface area contributed by atoms with E-state index in [4.69, 9.17) is 4.74 Å². The van der Waals surface area contributed by atoms with Crippen LogP contribution < -0.4 is 0 Å². The van der Waals surface area contributed by atoms with Crippen LogP contribution in [0.2, 0.25) is 0 Å². The molecule has 28 heavy (non-hydrogen) atoms. The molecule has 0 unspecified atom stereocenters. The Morgan fingerprint density at radius 3 is 1.54 bits per heavy atom. The summed E-state index contributed by atoms with van der Waals surface area (Å²) in [6, 6.07) is 0. The summed E-state index contributed by atoms with van der Waals surface area (Å²) in [5.74, 6) is 1.01. The van der Waals surface area contributed by atoms with Crippen molar-refractivity contribution in [2.24, 2.45) is 11.8 Å². The van der Waals surface area contributed by atoms with Gasteiger partial charge in [0.15, 0.2) is 0 Å². The number of hydrogen-bond donors (Lipinski definition) is 0. The first-order valence-electron chi connectivity index (χ1n) is 12.8. The summed E-state index contributed by atoms with van der Waals surface area (Å²) < 4.78 is 5.66. The molecule has 2 heteroatoms. The number of esters is 1. The van der Waals surface area contributed by atoms with Gasteiger partial charge in [-0.25, -0.2) is 0 Å². The second-order valence-electron chi connectivity index (χ2n) is 9.22. The minimum atomic E-state index is 0.0889. The molecule has 0 amide bonds. The normalized spacial score (nSPS) is 11.5. The van der Waals surface area contributed by atoms with Crippen LogP contribution >= 0.6 is 0 Å². The smallest absolute Gasteiger partial charge is 0.308 e. The van der Waals surface area contributed by atoms with E-state index in [1.54, 1.807) is 0 Å². The number of carbonyl (C=O) groups excluding carboxylic acids is 1. The molecule has 0 saturated heterocycles. The molecule has 0 aliphatic rings. The molecule has 0 bridgehead atoms. The molecule has 168 valence electrons. The Morgan fingerprint density at radius 1 is 0.607 bits per heavy atom. The first-order chi connectivity index (χ1) is 13.6. The Bertz CT molecular complexity index is 308. The van der Waals surface area contributed by atoms with Gasteiger partial charge in [-0.1, -0.05) is 124 Å². The van der Waals surface area contributed by atoms with E-state index in [-0.39, 0.29) is 11.9 Å². The van der Waals surface area contributed by atoms with E-state index in [9.17, 15) is 4.79 Å². The molecule has 0 atom stereocenters. The third kappa shape index (κ3) is 18.8. The lowest BCUT2D eigenvalue weighted by atomic mass is 9.94. The predicted molar refractivity (Wildman–Crippen MR) is 124 cm³/mol. The van der Waals surface area contributed by atoms with E-state index in [1.165, 1.54) is 96.3 Å². The van der Waals surface area contributed by atoms with Crippen LogP contribution in [0.5, 0.6) is 0 Å². The van der Waals surface area contributed by atoms with Crippen LogP contribution in [0.4, 0.5) is 0 Å². The Hall–Kier alpha value is -0.530. The summed E-state index contributed by atoms with van der Waals surface area (Å²) in [5.41, 5.74) is 0. The highest BCUT2D eigenvalue weighted by molar-refractivity contribution is 5.72. The van der Waals surface area contributed by atoms with E-state index in [2.05, 4.69) is 27.7 Å². The number of carbonyl (C=O) groups is 1. The van der Waals surface area contributed by atoms with E-state index in [1.807, 2.05) is 0 Å². The van der Waals surface area contributed by atoms with Crippen molar-refractivity contribution in [2.75, 3.05) is 6.61 Å². The van der Waals surface area contributed by atoms with E-state index < -0.39 is 0 Å². The second-order valence-corrected chi connectivity index (χ2v) is 9.22. The topological polar surface area (TPSA) is 26.3 Å². The van der Waals surface area contributed by atoms with Gasteiger partial charge < -0.3 is 4.74 Å². The fraction of sp³-hybridized carbons (Fsp3) is 0.962. The third-order valence-electron chi connectivity index (χ3n) is 5.82. The van der Waals surface area contributed by atoms with Crippen molar-refractivity contribution in [3.8, 4) is 0 Å². The summed E-state index contributed by atoms with van der Waals surface area (Å²) in [5, 5.41) is 0. The Kier molecular flexibility index (Phi) is 20.8. The Labute approximate surface area is 177 Å². The van der Waals surface area contributed by atoms with Gasteiger partial charge in [0, 0.05) is 0 Å². The lowest BCUT2D eigenvalue weighted by Gasteiger charge is -2.16. The molecule has 0 aromatic heterocycles. The zero-order valence-electron chi connectivity index (χ0n) is 19.9. The second kappa shape index (κ2) is 21.2. The van der Waals surface area contributed by atoms with Gasteiger partial charge in [0.2, 0.25) is 0 Å². The lowest BCUT2D eigenvalue weighted by Crippen LogP contribution is -2.18. The SMILES string of the molecule is CCCCCCCCC(CCCCCCCC)C(=O)OCCCCCC(C)C. The summed E-state index contributed by atoms with van der Waals surface area (Å²) >= 11 is 0. The number of rotatable bonds is 21. The van der Waals surface area contributed by atoms with Crippen LogP contribution in [0.25, 0.3) is 0 Å². The molecule has 0 saturated carbocycles. The molecule has 0 aliphatic carbocycles.